The first-order chi connectivity index (χ1) is 7.72. The highest BCUT2D eigenvalue weighted by molar-refractivity contribution is 9.10. The molecule has 0 unspecified atom stereocenters. The minimum absolute atomic E-state index is 1.10. The maximum atomic E-state index is 3.50. The summed E-state index contributed by atoms with van der Waals surface area (Å²) in [5.74, 6) is 0. The molecule has 0 fully saturated rings. The SMILES string of the molecule is CNCCCN(C)CCc1cccc(Br)c1. The summed E-state index contributed by atoms with van der Waals surface area (Å²) in [4.78, 5) is 2.39. The van der Waals surface area contributed by atoms with E-state index < -0.39 is 0 Å². The van der Waals surface area contributed by atoms with E-state index >= 15 is 0 Å². The van der Waals surface area contributed by atoms with Crippen LogP contribution < -0.4 is 5.32 Å². The van der Waals surface area contributed by atoms with E-state index in [0.29, 0.717) is 0 Å². The van der Waals surface area contributed by atoms with Crippen molar-refractivity contribution in [3.8, 4) is 0 Å². The Balaban J connectivity index is 2.23. The summed E-state index contributed by atoms with van der Waals surface area (Å²) in [5, 5.41) is 3.17. The van der Waals surface area contributed by atoms with Gasteiger partial charge in [-0.05, 0) is 57.7 Å². The molecular formula is C13H21BrN2. The van der Waals surface area contributed by atoms with Crippen LogP contribution in [0.4, 0.5) is 0 Å². The molecule has 0 aliphatic carbocycles. The first-order valence-electron chi connectivity index (χ1n) is 5.80. The van der Waals surface area contributed by atoms with Gasteiger partial charge in [0.1, 0.15) is 0 Å². The zero-order valence-corrected chi connectivity index (χ0v) is 11.8. The molecule has 1 N–H and O–H groups in total. The second kappa shape index (κ2) is 7.82. The van der Waals surface area contributed by atoms with Gasteiger partial charge < -0.3 is 10.2 Å². The normalized spacial score (nSPS) is 11.0. The van der Waals surface area contributed by atoms with Gasteiger partial charge in [-0.2, -0.15) is 0 Å². The van der Waals surface area contributed by atoms with Crippen molar-refractivity contribution in [2.75, 3.05) is 33.7 Å². The highest BCUT2D eigenvalue weighted by atomic mass is 79.9. The Kier molecular flexibility index (Phi) is 6.69. The molecule has 0 radical (unpaired) electrons. The van der Waals surface area contributed by atoms with E-state index in [2.05, 4.69) is 57.5 Å². The van der Waals surface area contributed by atoms with Gasteiger partial charge in [0.15, 0.2) is 0 Å². The molecule has 0 aliphatic rings. The predicted molar refractivity (Wildman–Crippen MR) is 73.9 cm³/mol. The Bertz CT molecular complexity index is 302. The molecule has 0 aromatic heterocycles. The van der Waals surface area contributed by atoms with Gasteiger partial charge >= 0.3 is 0 Å². The highest BCUT2D eigenvalue weighted by Crippen LogP contribution is 2.12. The Labute approximate surface area is 107 Å². The van der Waals surface area contributed by atoms with Crippen molar-refractivity contribution in [1.29, 1.82) is 0 Å². The van der Waals surface area contributed by atoms with Crippen LogP contribution in [-0.4, -0.2) is 38.6 Å². The summed E-state index contributed by atoms with van der Waals surface area (Å²) >= 11 is 3.50. The Hall–Kier alpha value is -0.380. The van der Waals surface area contributed by atoms with Crippen molar-refractivity contribution in [2.24, 2.45) is 0 Å². The molecule has 0 saturated carbocycles. The number of hydrogen-bond donors (Lipinski definition) is 1. The van der Waals surface area contributed by atoms with Gasteiger partial charge in [-0.1, -0.05) is 28.1 Å². The smallest absolute Gasteiger partial charge is 0.0178 e. The van der Waals surface area contributed by atoms with E-state index in [1.54, 1.807) is 0 Å². The van der Waals surface area contributed by atoms with E-state index in [9.17, 15) is 0 Å². The number of hydrogen-bond acceptors (Lipinski definition) is 2. The average Bonchev–Trinajstić information content (AvgIpc) is 2.27. The zero-order valence-electron chi connectivity index (χ0n) is 10.2. The lowest BCUT2D eigenvalue weighted by atomic mass is 10.1. The Morgan fingerprint density at radius 2 is 2.12 bits per heavy atom. The molecule has 0 atom stereocenters. The predicted octanol–water partition coefficient (Wildman–Crippen LogP) is 2.53. The first kappa shape index (κ1) is 13.7. The van der Waals surface area contributed by atoms with Gasteiger partial charge in [0, 0.05) is 11.0 Å². The molecule has 0 spiro atoms. The minimum Gasteiger partial charge on any atom is -0.320 e. The first-order valence-corrected chi connectivity index (χ1v) is 6.59. The quantitative estimate of drug-likeness (QED) is 0.774. The summed E-state index contributed by atoms with van der Waals surface area (Å²) in [7, 11) is 4.19. The number of nitrogens with one attached hydrogen (secondary N) is 1. The second-order valence-electron chi connectivity index (χ2n) is 4.14. The largest absolute Gasteiger partial charge is 0.320 e. The third-order valence-corrected chi connectivity index (χ3v) is 3.13. The second-order valence-corrected chi connectivity index (χ2v) is 5.06. The number of rotatable bonds is 7. The lowest BCUT2D eigenvalue weighted by Crippen LogP contribution is -2.24. The molecule has 0 bridgehead atoms. The average molecular weight is 285 g/mol. The Morgan fingerprint density at radius 1 is 1.31 bits per heavy atom. The molecule has 0 aliphatic heterocycles. The Morgan fingerprint density at radius 3 is 2.81 bits per heavy atom. The van der Waals surface area contributed by atoms with Gasteiger partial charge in [0.2, 0.25) is 0 Å². The van der Waals surface area contributed by atoms with Gasteiger partial charge in [-0.15, -0.1) is 0 Å². The number of halogens is 1. The van der Waals surface area contributed by atoms with Crippen molar-refractivity contribution < 1.29 is 0 Å². The van der Waals surface area contributed by atoms with Crippen LogP contribution in [0, 0.1) is 0 Å². The summed E-state index contributed by atoms with van der Waals surface area (Å²) < 4.78 is 1.17. The number of likely N-dealkylation sites (N-methyl/N-ethyl adjacent to an activating group) is 1. The third-order valence-electron chi connectivity index (χ3n) is 2.64. The van der Waals surface area contributed by atoms with Crippen LogP contribution in [-0.2, 0) is 6.42 Å². The summed E-state index contributed by atoms with van der Waals surface area (Å²) in [5.41, 5.74) is 1.40. The summed E-state index contributed by atoms with van der Waals surface area (Å²) in [6.45, 7) is 3.39. The lowest BCUT2D eigenvalue weighted by molar-refractivity contribution is 0.332. The fraction of sp³-hybridized carbons (Fsp3) is 0.538. The highest BCUT2D eigenvalue weighted by Gasteiger charge is 1.99. The van der Waals surface area contributed by atoms with Crippen molar-refractivity contribution >= 4 is 15.9 Å². The van der Waals surface area contributed by atoms with Crippen LogP contribution in [0.15, 0.2) is 28.7 Å². The van der Waals surface area contributed by atoms with E-state index in [4.69, 9.17) is 0 Å². The van der Waals surface area contributed by atoms with Gasteiger partial charge in [0.05, 0.1) is 0 Å². The van der Waals surface area contributed by atoms with Crippen molar-refractivity contribution in [2.45, 2.75) is 12.8 Å². The van der Waals surface area contributed by atoms with Crippen LogP contribution in [0.1, 0.15) is 12.0 Å². The van der Waals surface area contributed by atoms with E-state index in [0.717, 1.165) is 26.1 Å². The van der Waals surface area contributed by atoms with Crippen LogP contribution in [0.25, 0.3) is 0 Å². The van der Waals surface area contributed by atoms with Crippen LogP contribution in [0.5, 0.6) is 0 Å². The van der Waals surface area contributed by atoms with Crippen molar-refractivity contribution in [1.82, 2.24) is 10.2 Å². The molecule has 16 heavy (non-hydrogen) atoms. The van der Waals surface area contributed by atoms with Crippen molar-refractivity contribution in [3.63, 3.8) is 0 Å². The number of nitrogens with zero attached hydrogens (tertiary/aromatic N) is 1. The molecule has 3 heteroatoms. The molecule has 1 rings (SSSR count). The maximum Gasteiger partial charge on any atom is 0.0178 e. The topological polar surface area (TPSA) is 15.3 Å². The van der Waals surface area contributed by atoms with Crippen LogP contribution in [0.2, 0.25) is 0 Å². The molecule has 1 aromatic rings. The van der Waals surface area contributed by atoms with Gasteiger partial charge in [0.25, 0.3) is 0 Å². The van der Waals surface area contributed by atoms with E-state index in [1.165, 1.54) is 16.5 Å². The molecule has 2 nitrogen and oxygen atoms in total. The minimum atomic E-state index is 1.10. The lowest BCUT2D eigenvalue weighted by Gasteiger charge is -2.16. The zero-order chi connectivity index (χ0) is 11.8. The van der Waals surface area contributed by atoms with Crippen molar-refractivity contribution in [3.05, 3.63) is 34.3 Å². The van der Waals surface area contributed by atoms with Gasteiger partial charge in [-0.3, -0.25) is 0 Å². The molecule has 0 amide bonds. The third kappa shape index (κ3) is 5.64. The fourth-order valence-electron chi connectivity index (χ4n) is 1.65. The molecule has 0 saturated heterocycles. The standard InChI is InChI=1S/C13H21BrN2/c1-15-8-4-9-16(2)10-7-12-5-3-6-13(14)11-12/h3,5-6,11,15H,4,7-10H2,1-2H3. The maximum absolute atomic E-state index is 3.50. The van der Waals surface area contributed by atoms with Gasteiger partial charge in [-0.25, -0.2) is 0 Å². The molecule has 0 heterocycles. The van der Waals surface area contributed by atoms with E-state index in [1.807, 2.05) is 7.05 Å². The fourth-order valence-corrected chi connectivity index (χ4v) is 2.10. The molecule has 90 valence electrons. The summed E-state index contributed by atoms with van der Waals surface area (Å²) in [6, 6.07) is 8.55. The van der Waals surface area contributed by atoms with Crippen LogP contribution in [0.3, 0.4) is 0 Å². The molecular weight excluding hydrogens is 264 g/mol. The monoisotopic (exact) mass is 284 g/mol. The van der Waals surface area contributed by atoms with E-state index in [-0.39, 0.29) is 0 Å². The summed E-state index contributed by atoms with van der Waals surface area (Å²) in [6.07, 6.45) is 2.33. The molecule has 1 aromatic carbocycles. The number of benzene rings is 1. The van der Waals surface area contributed by atoms with Crippen LogP contribution >= 0.6 is 15.9 Å².